The first-order chi connectivity index (χ1) is 9.56. The molecule has 112 valence electrons. The van der Waals surface area contributed by atoms with Crippen LogP contribution in [0.5, 0.6) is 0 Å². The molecule has 1 aliphatic rings. The molecular weight excluding hydrogens is 276 g/mol. The molecule has 1 amide bonds. The van der Waals surface area contributed by atoms with Gasteiger partial charge in [-0.2, -0.15) is 0 Å². The van der Waals surface area contributed by atoms with Crippen molar-refractivity contribution in [1.29, 1.82) is 0 Å². The maximum atomic E-state index is 12.5. The van der Waals surface area contributed by atoms with Crippen LogP contribution in [-0.4, -0.2) is 54.2 Å². The Labute approximate surface area is 123 Å². The van der Waals surface area contributed by atoms with Gasteiger partial charge in [-0.25, -0.2) is 4.98 Å². The van der Waals surface area contributed by atoms with Crippen LogP contribution in [0, 0.1) is 5.92 Å². The van der Waals surface area contributed by atoms with Crippen molar-refractivity contribution in [2.24, 2.45) is 5.92 Å². The quantitative estimate of drug-likeness (QED) is 0.848. The number of anilines is 2. The minimum absolute atomic E-state index is 0.0313. The first kappa shape index (κ1) is 15.1. The SMILES string of the molecule is CCN(C)c1nc(N)c(C(=O)N2CCC(CCO)C2)s1. The third-order valence-electron chi connectivity index (χ3n) is 3.75. The third kappa shape index (κ3) is 3.04. The number of nitrogens with two attached hydrogens (primary N) is 1. The summed E-state index contributed by atoms with van der Waals surface area (Å²) >= 11 is 1.35. The van der Waals surface area contributed by atoms with E-state index in [1.54, 1.807) is 0 Å². The number of aliphatic hydroxyl groups is 1. The van der Waals surface area contributed by atoms with E-state index in [1.807, 2.05) is 23.8 Å². The van der Waals surface area contributed by atoms with E-state index in [-0.39, 0.29) is 12.5 Å². The van der Waals surface area contributed by atoms with Crippen molar-refractivity contribution < 1.29 is 9.90 Å². The van der Waals surface area contributed by atoms with Gasteiger partial charge >= 0.3 is 0 Å². The topological polar surface area (TPSA) is 82.7 Å². The molecule has 20 heavy (non-hydrogen) atoms. The number of hydrogen-bond acceptors (Lipinski definition) is 6. The molecule has 7 heteroatoms. The van der Waals surface area contributed by atoms with E-state index in [1.165, 1.54) is 11.3 Å². The highest BCUT2D eigenvalue weighted by atomic mass is 32.1. The second-order valence-electron chi connectivity index (χ2n) is 5.14. The average molecular weight is 298 g/mol. The predicted octanol–water partition coefficient (Wildman–Crippen LogP) is 1.03. The smallest absolute Gasteiger partial charge is 0.267 e. The van der Waals surface area contributed by atoms with Gasteiger partial charge < -0.3 is 20.6 Å². The van der Waals surface area contributed by atoms with Gasteiger partial charge in [0.15, 0.2) is 5.13 Å². The third-order valence-corrected chi connectivity index (χ3v) is 4.92. The molecule has 0 bridgehead atoms. The van der Waals surface area contributed by atoms with Gasteiger partial charge in [-0.05, 0) is 25.7 Å². The highest BCUT2D eigenvalue weighted by Gasteiger charge is 2.29. The van der Waals surface area contributed by atoms with Gasteiger partial charge in [0.2, 0.25) is 0 Å². The number of nitrogens with zero attached hydrogens (tertiary/aromatic N) is 3. The zero-order chi connectivity index (χ0) is 14.7. The van der Waals surface area contributed by atoms with Crippen LogP contribution in [-0.2, 0) is 0 Å². The zero-order valence-corrected chi connectivity index (χ0v) is 12.8. The lowest BCUT2D eigenvalue weighted by Gasteiger charge is -2.15. The summed E-state index contributed by atoms with van der Waals surface area (Å²) in [5.74, 6) is 0.688. The van der Waals surface area contributed by atoms with E-state index in [4.69, 9.17) is 10.8 Å². The number of carbonyl (C=O) groups is 1. The molecule has 0 aliphatic carbocycles. The van der Waals surface area contributed by atoms with Crippen molar-refractivity contribution in [2.75, 3.05) is 43.9 Å². The van der Waals surface area contributed by atoms with Gasteiger partial charge in [-0.3, -0.25) is 4.79 Å². The Balaban J connectivity index is 2.08. The number of carbonyl (C=O) groups excluding carboxylic acids is 1. The molecule has 1 aliphatic heterocycles. The summed E-state index contributed by atoms with van der Waals surface area (Å²) < 4.78 is 0. The summed E-state index contributed by atoms with van der Waals surface area (Å²) in [5, 5.41) is 9.74. The average Bonchev–Trinajstić information content (AvgIpc) is 3.04. The molecule has 0 saturated carbocycles. The monoisotopic (exact) mass is 298 g/mol. The number of aromatic nitrogens is 1. The van der Waals surface area contributed by atoms with Crippen molar-refractivity contribution in [3.8, 4) is 0 Å². The van der Waals surface area contributed by atoms with Gasteiger partial charge in [0, 0.05) is 33.3 Å². The second kappa shape index (κ2) is 6.41. The van der Waals surface area contributed by atoms with Gasteiger partial charge in [-0.1, -0.05) is 11.3 Å². The Morgan fingerprint density at radius 3 is 3.05 bits per heavy atom. The van der Waals surface area contributed by atoms with Crippen LogP contribution in [0.4, 0.5) is 10.9 Å². The number of rotatable bonds is 5. The van der Waals surface area contributed by atoms with Crippen molar-refractivity contribution in [3.63, 3.8) is 0 Å². The highest BCUT2D eigenvalue weighted by Crippen LogP contribution is 2.30. The van der Waals surface area contributed by atoms with Crippen molar-refractivity contribution >= 4 is 28.2 Å². The summed E-state index contributed by atoms with van der Waals surface area (Å²) in [5.41, 5.74) is 5.88. The summed E-state index contributed by atoms with van der Waals surface area (Å²) in [6.07, 6.45) is 1.71. The molecule has 1 atom stereocenters. The molecular formula is C13H22N4O2S. The Kier molecular flexibility index (Phi) is 4.82. The van der Waals surface area contributed by atoms with Crippen LogP contribution in [0.1, 0.15) is 29.4 Å². The van der Waals surface area contributed by atoms with Crippen LogP contribution >= 0.6 is 11.3 Å². The van der Waals surface area contributed by atoms with Gasteiger partial charge in [0.25, 0.3) is 5.91 Å². The molecule has 1 saturated heterocycles. The standard InChI is InChI=1S/C13H22N4O2S/c1-3-16(2)13-15-11(14)10(20-13)12(19)17-6-4-9(8-17)5-7-18/h9,18H,3-8,14H2,1-2H3. The number of likely N-dealkylation sites (tertiary alicyclic amines) is 1. The summed E-state index contributed by atoms with van der Waals surface area (Å²) in [6.45, 7) is 4.47. The lowest BCUT2D eigenvalue weighted by atomic mass is 10.1. The maximum Gasteiger partial charge on any atom is 0.267 e. The second-order valence-corrected chi connectivity index (χ2v) is 6.12. The predicted molar refractivity (Wildman–Crippen MR) is 81.2 cm³/mol. The maximum absolute atomic E-state index is 12.5. The molecule has 6 nitrogen and oxygen atoms in total. The van der Waals surface area contributed by atoms with Crippen LogP contribution in [0.3, 0.4) is 0 Å². The van der Waals surface area contributed by atoms with Gasteiger partial charge in [-0.15, -0.1) is 0 Å². The number of hydrogen-bond donors (Lipinski definition) is 2. The van der Waals surface area contributed by atoms with Crippen LogP contribution in [0.2, 0.25) is 0 Å². The Morgan fingerprint density at radius 1 is 1.65 bits per heavy atom. The van der Waals surface area contributed by atoms with E-state index in [9.17, 15) is 4.79 Å². The number of nitrogen functional groups attached to an aromatic ring is 1. The fourth-order valence-corrected chi connectivity index (χ4v) is 3.33. The lowest BCUT2D eigenvalue weighted by Crippen LogP contribution is -2.28. The Hall–Kier alpha value is -1.34. The minimum atomic E-state index is -0.0313. The summed E-state index contributed by atoms with van der Waals surface area (Å²) in [4.78, 5) is 21.1. The highest BCUT2D eigenvalue weighted by molar-refractivity contribution is 7.18. The molecule has 0 aromatic carbocycles. The first-order valence-electron chi connectivity index (χ1n) is 6.94. The molecule has 2 rings (SSSR count). The molecule has 1 aromatic heterocycles. The van der Waals surface area contributed by atoms with E-state index in [2.05, 4.69) is 4.98 Å². The number of thiazole rings is 1. The van der Waals surface area contributed by atoms with E-state index >= 15 is 0 Å². The normalized spacial score (nSPS) is 18.6. The van der Waals surface area contributed by atoms with E-state index in [0.29, 0.717) is 23.2 Å². The number of aliphatic hydroxyl groups excluding tert-OH is 1. The van der Waals surface area contributed by atoms with Crippen molar-refractivity contribution in [1.82, 2.24) is 9.88 Å². The van der Waals surface area contributed by atoms with Crippen molar-refractivity contribution in [3.05, 3.63) is 4.88 Å². The van der Waals surface area contributed by atoms with Crippen LogP contribution in [0.15, 0.2) is 0 Å². The van der Waals surface area contributed by atoms with Crippen LogP contribution in [0.25, 0.3) is 0 Å². The molecule has 0 spiro atoms. The molecule has 1 unspecified atom stereocenters. The Bertz CT molecular complexity index is 477. The number of amides is 1. The summed E-state index contributed by atoms with van der Waals surface area (Å²) in [6, 6.07) is 0. The van der Waals surface area contributed by atoms with Crippen LogP contribution < -0.4 is 10.6 Å². The van der Waals surface area contributed by atoms with E-state index < -0.39 is 0 Å². The largest absolute Gasteiger partial charge is 0.396 e. The molecule has 2 heterocycles. The minimum Gasteiger partial charge on any atom is -0.396 e. The molecule has 1 aromatic rings. The van der Waals surface area contributed by atoms with Gasteiger partial charge in [0.05, 0.1) is 0 Å². The lowest BCUT2D eigenvalue weighted by molar-refractivity contribution is 0.0790. The molecule has 0 radical (unpaired) electrons. The summed E-state index contributed by atoms with van der Waals surface area (Å²) in [7, 11) is 1.93. The fourth-order valence-electron chi connectivity index (χ4n) is 2.35. The fraction of sp³-hybridized carbons (Fsp3) is 0.692. The van der Waals surface area contributed by atoms with Crippen molar-refractivity contribution in [2.45, 2.75) is 19.8 Å². The van der Waals surface area contributed by atoms with E-state index in [0.717, 1.165) is 31.1 Å². The zero-order valence-electron chi connectivity index (χ0n) is 12.0. The first-order valence-corrected chi connectivity index (χ1v) is 7.76. The Morgan fingerprint density at radius 2 is 2.40 bits per heavy atom. The molecule has 3 N–H and O–H groups in total. The van der Waals surface area contributed by atoms with Gasteiger partial charge in [0.1, 0.15) is 10.7 Å². The molecule has 1 fully saturated rings.